The fourth-order valence-electron chi connectivity index (χ4n) is 1.65. The molecule has 0 aliphatic rings. The maximum atomic E-state index is 11.5. The third-order valence-electron chi connectivity index (χ3n) is 2.45. The Labute approximate surface area is 89.6 Å². The van der Waals surface area contributed by atoms with Crippen molar-refractivity contribution >= 4 is 23.7 Å². The van der Waals surface area contributed by atoms with E-state index in [1.54, 1.807) is 6.82 Å². The molecule has 2 aromatic rings. The van der Waals surface area contributed by atoms with E-state index < -0.39 is 0 Å². The molecule has 0 amide bonds. The molecule has 2 nitrogen and oxygen atoms in total. The molecule has 15 heavy (non-hydrogen) atoms. The predicted octanol–water partition coefficient (Wildman–Crippen LogP) is 2.44. The highest BCUT2D eigenvalue weighted by Gasteiger charge is 2.08. The van der Waals surface area contributed by atoms with Crippen molar-refractivity contribution in [3.05, 3.63) is 41.7 Å². The summed E-state index contributed by atoms with van der Waals surface area (Å²) >= 11 is 0. The Hall–Kier alpha value is -1.64. The number of benzene rings is 1. The van der Waals surface area contributed by atoms with Crippen LogP contribution in [0.2, 0.25) is 6.82 Å². The van der Waals surface area contributed by atoms with Crippen molar-refractivity contribution < 1.29 is 4.79 Å². The number of nitrogens with zero attached hydrogens (tertiary/aromatic N) is 1. The molecule has 0 fully saturated rings. The van der Waals surface area contributed by atoms with Crippen molar-refractivity contribution in [1.82, 2.24) is 4.98 Å². The van der Waals surface area contributed by atoms with Gasteiger partial charge in [0.05, 0.1) is 5.69 Å². The van der Waals surface area contributed by atoms with Crippen molar-refractivity contribution in [2.45, 2.75) is 13.7 Å². The summed E-state index contributed by atoms with van der Waals surface area (Å²) in [6, 6.07) is 9.79. The number of hydrogen-bond acceptors (Lipinski definition) is 2. The lowest BCUT2D eigenvalue weighted by Crippen LogP contribution is -2.08. The van der Waals surface area contributed by atoms with Gasteiger partial charge in [0.1, 0.15) is 5.68 Å². The summed E-state index contributed by atoms with van der Waals surface area (Å²) in [5.41, 5.74) is 1.40. The lowest BCUT2D eigenvalue weighted by Gasteiger charge is -2.04. The minimum absolute atomic E-state index is 0.0242. The molecule has 3 heteroatoms. The van der Waals surface area contributed by atoms with Crippen LogP contribution in [0.5, 0.6) is 0 Å². The standard InChI is InChI=1S/C12H11BNO/c1-8-10-6-4-3-5-9(10)7-11(14-8)12(15)13-2/h3-7H,1-2H3. The average molecular weight is 196 g/mol. The molecular weight excluding hydrogens is 185 g/mol. The van der Waals surface area contributed by atoms with Gasteiger partial charge in [0.25, 0.3) is 0 Å². The van der Waals surface area contributed by atoms with Crippen molar-refractivity contribution in [2.75, 3.05) is 0 Å². The van der Waals surface area contributed by atoms with Gasteiger partial charge in [0.15, 0.2) is 0 Å². The van der Waals surface area contributed by atoms with Crippen LogP contribution in [-0.4, -0.2) is 17.9 Å². The highest BCUT2D eigenvalue weighted by atomic mass is 16.1. The Balaban J connectivity index is 2.67. The number of fused-ring (bicyclic) bond motifs is 1. The lowest BCUT2D eigenvalue weighted by atomic mass is 9.75. The lowest BCUT2D eigenvalue weighted by molar-refractivity contribution is 0.107. The summed E-state index contributed by atoms with van der Waals surface area (Å²) in [5.74, 6) is 0. The maximum Gasteiger partial charge on any atom is 0.208 e. The maximum absolute atomic E-state index is 11.5. The summed E-state index contributed by atoms with van der Waals surface area (Å²) in [7, 11) is 1.54. The number of pyridine rings is 1. The minimum Gasteiger partial charge on any atom is -0.305 e. The number of rotatable bonds is 2. The van der Waals surface area contributed by atoms with Gasteiger partial charge >= 0.3 is 0 Å². The zero-order valence-corrected chi connectivity index (χ0v) is 8.82. The monoisotopic (exact) mass is 196 g/mol. The van der Waals surface area contributed by atoms with Crippen LogP contribution in [0.1, 0.15) is 16.2 Å². The van der Waals surface area contributed by atoms with Crippen LogP contribution in [0.15, 0.2) is 30.3 Å². The first-order valence-corrected chi connectivity index (χ1v) is 4.92. The van der Waals surface area contributed by atoms with Crippen LogP contribution < -0.4 is 0 Å². The molecule has 1 aromatic carbocycles. The van der Waals surface area contributed by atoms with E-state index in [9.17, 15) is 4.79 Å². The SMILES string of the molecule is C[B]C(=O)c1cc2ccccc2c(C)n1. The van der Waals surface area contributed by atoms with Crippen molar-refractivity contribution in [3.8, 4) is 0 Å². The molecule has 0 atom stereocenters. The van der Waals surface area contributed by atoms with Crippen molar-refractivity contribution in [2.24, 2.45) is 0 Å². The first-order valence-electron chi connectivity index (χ1n) is 4.92. The molecule has 0 aliphatic carbocycles. The second-order valence-corrected chi connectivity index (χ2v) is 3.47. The molecule has 0 saturated carbocycles. The number of carbonyl (C=O) groups excluding carboxylic acids is 1. The van der Waals surface area contributed by atoms with E-state index in [4.69, 9.17) is 0 Å². The second-order valence-electron chi connectivity index (χ2n) is 3.47. The van der Waals surface area contributed by atoms with Gasteiger partial charge < -0.3 is 4.79 Å². The molecule has 2 rings (SSSR count). The summed E-state index contributed by atoms with van der Waals surface area (Å²) in [5, 5.41) is 2.17. The normalized spacial score (nSPS) is 10.3. The fraction of sp³-hybridized carbons (Fsp3) is 0.167. The van der Waals surface area contributed by atoms with Crippen LogP contribution in [-0.2, 0) is 0 Å². The van der Waals surface area contributed by atoms with E-state index in [0.29, 0.717) is 5.69 Å². The molecule has 0 unspecified atom stereocenters. The summed E-state index contributed by atoms with van der Waals surface area (Å²) < 4.78 is 0. The number of aryl methyl sites for hydroxylation is 1. The van der Waals surface area contributed by atoms with E-state index >= 15 is 0 Å². The van der Waals surface area contributed by atoms with Crippen LogP contribution in [0.3, 0.4) is 0 Å². The molecule has 0 bridgehead atoms. The van der Waals surface area contributed by atoms with E-state index in [-0.39, 0.29) is 5.68 Å². The van der Waals surface area contributed by atoms with E-state index in [0.717, 1.165) is 16.5 Å². The molecule has 1 heterocycles. The largest absolute Gasteiger partial charge is 0.305 e. The van der Waals surface area contributed by atoms with Gasteiger partial charge in [-0.25, -0.2) is 0 Å². The topological polar surface area (TPSA) is 30.0 Å². The van der Waals surface area contributed by atoms with E-state index in [2.05, 4.69) is 4.98 Å². The number of carbonyl (C=O) groups is 1. The van der Waals surface area contributed by atoms with Crippen LogP contribution >= 0.6 is 0 Å². The van der Waals surface area contributed by atoms with Gasteiger partial charge in [-0.05, 0) is 18.4 Å². The highest BCUT2D eigenvalue weighted by molar-refractivity contribution is 6.76. The molecule has 1 aromatic heterocycles. The zero-order chi connectivity index (χ0) is 10.8. The molecule has 0 aliphatic heterocycles. The highest BCUT2D eigenvalue weighted by Crippen LogP contribution is 2.17. The van der Waals surface area contributed by atoms with Gasteiger partial charge in [-0.15, -0.1) is 0 Å². The Kier molecular flexibility index (Phi) is 2.54. The molecule has 0 spiro atoms. The summed E-state index contributed by atoms with van der Waals surface area (Å²) in [6.07, 6.45) is 0. The molecular formula is C12H11BNO. The van der Waals surface area contributed by atoms with Gasteiger partial charge in [-0.1, -0.05) is 31.1 Å². The predicted molar refractivity (Wildman–Crippen MR) is 62.4 cm³/mol. The number of aromatic nitrogens is 1. The van der Waals surface area contributed by atoms with Crippen LogP contribution in [0.4, 0.5) is 0 Å². The third kappa shape index (κ3) is 1.77. The average Bonchev–Trinajstić information content (AvgIpc) is 2.28. The smallest absolute Gasteiger partial charge is 0.208 e. The minimum atomic E-state index is -0.0242. The number of hydrogen-bond donors (Lipinski definition) is 0. The van der Waals surface area contributed by atoms with Gasteiger partial charge in [0, 0.05) is 11.1 Å². The fourth-order valence-corrected chi connectivity index (χ4v) is 1.65. The van der Waals surface area contributed by atoms with Crippen LogP contribution in [0.25, 0.3) is 10.8 Å². The van der Waals surface area contributed by atoms with E-state index in [1.165, 1.54) is 7.28 Å². The summed E-state index contributed by atoms with van der Waals surface area (Å²) in [4.78, 5) is 15.8. The van der Waals surface area contributed by atoms with Gasteiger partial charge in [0.2, 0.25) is 7.28 Å². The Bertz CT molecular complexity index is 522. The van der Waals surface area contributed by atoms with E-state index in [1.807, 2.05) is 37.3 Å². The molecule has 73 valence electrons. The molecule has 0 saturated heterocycles. The van der Waals surface area contributed by atoms with Crippen LogP contribution in [0, 0.1) is 6.92 Å². The first-order chi connectivity index (χ1) is 7.22. The Morgan fingerprint density at radius 1 is 1.33 bits per heavy atom. The second kappa shape index (κ2) is 3.85. The molecule has 0 N–H and O–H groups in total. The quantitative estimate of drug-likeness (QED) is 0.690. The van der Waals surface area contributed by atoms with Crippen molar-refractivity contribution in [1.29, 1.82) is 0 Å². The zero-order valence-electron chi connectivity index (χ0n) is 8.82. The third-order valence-corrected chi connectivity index (χ3v) is 2.45. The van der Waals surface area contributed by atoms with Crippen molar-refractivity contribution in [3.63, 3.8) is 0 Å². The molecule has 1 radical (unpaired) electrons. The Morgan fingerprint density at radius 2 is 2.07 bits per heavy atom. The van der Waals surface area contributed by atoms with Gasteiger partial charge in [-0.3, -0.25) is 4.98 Å². The summed E-state index contributed by atoms with van der Waals surface area (Å²) in [6.45, 7) is 3.66. The van der Waals surface area contributed by atoms with Gasteiger partial charge in [-0.2, -0.15) is 0 Å². The first kappa shape index (κ1) is 9.90. The Morgan fingerprint density at radius 3 is 2.80 bits per heavy atom.